The highest BCUT2D eigenvalue weighted by atomic mass is 35.5. The zero-order valence-electron chi connectivity index (χ0n) is 13.2. The van der Waals surface area contributed by atoms with Crippen molar-refractivity contribution in [2.45, 2.75) is 17.2 Å². The highest BCUT2D eigenvalue weighted by Crippen LogP contribution is 2.35. The van der Waals surface area contributed by atoms with Crippen molar-refractivity contribution in [2.24, 2.45) is 0 Å². The summed E-state index contributed by atoms with van der Waals surface area (Å²) in [5.41, 5.74) is 2.24. The van der Waals surface area contributed by atoms with Gasteiger partial charge in [-0.1, -0.05) is 41.4 Å². The van der Waals surface area contributed by atoms with Crippen LogP contribution >= 0.6 is 23.2 Å². The first kappa shape index (κ1) is 16.9. The van der Waals surface area contributed by atoms with Gasteiger partial charge in [-0.05, 0) is 36.2 Å². The number of halogens is 2. The number of benzene rings is 2. The molecule has 7 heteroatoms. The minimum absolute atomic E-state index is 0.175. The van der Waals surface area contributed by atoms with Gasteiger partial charge in [0.15, 0.2) is 0 Å². The average Bonchev–Trinajstić information content (AvgIpc) is 3.23. The van der Waals surface area contributed by atoms with Crippen molar-refractivity contribution < 1.29 is 8.42 Å². The first-order valence-corrected chi connectivity index (χ1v) is 10.2. The van der Waals surface area contributed by atoms with E-state index in [0.29, 0.717) is 18.1 Å². The third-order valence-corrected chi connectivity index (χ3v) is 7.34. The zero-order valence-corrected chi connectivity index (χ0v) is 15.6. The van der Waals surface area contributed by atoms with E-state index in [1.165, 1.54) is 28.1 Å². The molecule has 0 spiro atoms. The second-order valence-corrected chi connectivity index (χ2v) is 8.97. The van der Waals surface area contributed by atoms with Crippen molar-refractivity contribution in [3.8, 4) is 0 Å². The molecule has 0 radical (unpaired) electrons. The van der Waals surface area contributed by atoms with Crippen LogP contribution in [0.3, 0.4) is 0 Å². The molecule has 1 fully saturated rings. The second-order valence-electron chi connectivity index (χ2n) is 6.21. The first-order chi connectivity index (χ1) is 12.0. The molecular formula is C18H16Cl2N2O2S. The lowest BCUT2D eigenvalue weighted by Crippen LogP contribution is -2.28. The maximum Gasteiger partial charge on any atom is 0.243 e. The summed E-state index contributed by atoms with van der Waals surface area (Å²) in [6.07, 6.45) is 2.78. The summed E-state index contributed by atoms with van der Waals surface area (Å²) >= 11 is 11.9. The Kier molecular flexibility index (Phi) is 4.28. The van der Waals surface area contributed by atoms with E-state index in [4.69, 9.17) is 23.2 Å². The topological polar surface area (TPSA) is 53.2 Å². The molecule has 2 heterocycles. The first-order valence-electron chi connectivity index (χ1n) is 7.98. The fourth-order valence-corrected chi connectivity index (χ4v) is 5.31. The lowest BCUT2D eigenvalue weighted by Gasteiger charge is -2.17. The van der Waals surface area contributed by atoms with E-state index in [9.17, 15) is 8.42 Å². The fourth-order valence-electron chi connectivity index (χ4n) is 3.42. The van der Waals surface area contributed by atoms with Gasteiger partial charge in [0.25, 0.3) is 0 Å². The summed E-state index contributed by atoms with van der Waals surface area (Å²) in [5, 5.41) is 1.75. The number of sulfonamides is 1. The lowest BCUT2D eigenvalue weighted by molar-refractivity contribution is 0.473. The maximum atomic E-state index is 12.9. The van der Waals surface area contributed by atoms with E-state index >= 15 is 0 Å². The van der Waals surface area contributed by atoms with Crippen molar-refractivity contribution in [1.29, 1.82) is 0 Å². The summed E-state index contributed by atoms with van der Waals surface area (Å²) in [5.74, 6) is 0.175. The molecule has 1 saturated heterocycles. The van der Waals surface area contributed by atoms with Gasteiger partial charge in [0, 0.05) is 36.1 Å². The largest absolute Gasteiger partial charge is 0.361 e. The van der Waals surface area contributed by atoms with E-state index in [0.717, 1.165) is 17.3 Å². The van der Waals surface area contributed by atoms with Crippen LogP contribution in [-0.2, 0) is 10.0 Å². The summed E-state index contributed by atoms with van der Waals surface area (Å²) in [6, 6.07) is 12.5. The Hall–Kier alpha value is -1.53. The molecule has 0 aliphatic carbocycles. The van der Waals surface area contributed by atoms with E-state index in [2.05, 4.69) is 11.1 Å². The predicted molar refractivity (Wildman–Crippen MR) is 101 cm³/mol. The van der Waals surface area contributed by atoms with Crippen LogP contribution in [-0.4, -0.2) is 30.8 Å². The van der Waals surface area contributed by atoms with E-state index in [1.807, 2.05) is 24.4 Å². The van der Waals surface area contributed by atoms with Crippen molar-refractivity contribution in [3.63, 3.8) is 0 Å². The van der Waals surface area contributed by atoms with E-state index in [1.54, 1.807) is 0 Å². The van der Waals surface area contributed by atoms with Crippen LogP contribution < -0.4 is 0 Å². The number of nitrogens with one attached hydrogen (secondary N) is 1. The van der Waals surface area contributed by atoms with Gasteiger partial charge in [0.2, 0.25) is 10.0 Å². The van der Waals surface area contributed by atoms with Gasteiger partial charge in [0.05, 0.1) is 14.9 Å². The third-order valence-electron chi connectivity index (χ3n) is 4.74. The number of fused-ring (bicyclic) bond motifs is 1. The van der Waals surface area contributed by atoms with Crippen LogP contribution in [0.25, 0.3) is 10.9 Å². The van der Waals surface area contributed by atoms with Crippen molar-refractivity contribution in [3.05, 3.63) is 64.3 Å². The Morgan fingerprint density at radius 2 is 1.88 bits per heavy atom. The lowest BCUT2D eigenvalue weighted by atomic mass is 9.98. The Morgan fingerprint density at radius 3 is 2.68 bits per heavy atom. The SMILES string of the molecule is O=S(=O)(c1ccc(Cl)c(Cl)c1)N1CCC(c2c[nH]c3ccccc23)C1. The van der Waals surface area contributed by atoms with Crippen LogP contribution in [0.5, 0.6) is 0 Å². The van der Waals surface area contributed by atoms with Gasteiger partial charge < -0.3 is 4.98 Å². The Labute approximate surface area is 156 Å². The van der Waals surface area contributed by atoms with Gasteiger partial charge in [0.1, 0.15) is 0 Å². The van der Waals surface area contributed by atoms with Gasteiger partial charge in [-0.15, -0.1) is 0 Å². The Morgan fingerprint density at radius 1 is 1.08 bits per heavy atom. The van der Waals surface area contributed by atoms with Crippen LogP contribution in [0.15, 0.2) is 53.6 Å². The number of aromatic amines is 1. The number of H-pyrrole nitrogens is 1. The molecule has 4 rings (SSSR count). The Bertz CT molecular complexity index is 1050. The molecule has 0 saturated carbocycles. The molecule has 2 aromatic carbocycles. The molecule has 1 N–H and O–H groups in total. The Balaban J connectivity index is 1.62. The smallest absolute Gasteiger partial charge is 0.243 e. The van der Waals surface area contributed by atoms with Gasteiger partial charge >= 0.3 is 0 Å². The molecule has 1 aromatic heterocycles. The highest BCUT2D eigenvalue weighted by molar-refractivity contribution is 7.89. The number of hydrogen-bond donors (Lipinski definition) is 1. The van der Waals surface area contributed by atoms with E-state index in [-0.39, 0.29) is 15.8 Å². The second kappa shape index (κ2) is 6.32. The molecule has 1 aliphatic rings. The van der Waals surface area contributed by atoms with Crippen molar-refractivity contribution >= 4 is 44.1 Å². The minimum Gasteiger partial charge on any atom is -0.361 e. The van der Waals surface area contributed by atoms with Crippen LogP contribution in [0, 0.1) is 0 Å². The molecule has 130 valence electrons. The molecule has 0 amide bonds. The molecule has 1 atom stereocenters. The molecule has 1 unspecified atom stereocenters. The summed E-state index contributed by atoms with van der Waals surface area (Å²) in [7, 11) is -3.58. The molecule has 4 nitrogen and oxygen atoms in total. The number of aromatic nitrogens is 1. The number of para-hydroxylation sites is 1. The normalized spacial score (nSPS) is 18.9. The molecule has 3 aromatic rings. The van der Waals surface area contributed by atoms with Gasteiger partial charge in [-0.25, -0.2) is 8.42 Å². The number of nitrogens with zero attached hydrogens (tertiary/aromatic N) is 1. The minimum atomic E-state index is -3.58. The maximum absolute atomic E-state index is 12.9. The van der Waals surface area contributed by atoms with Gasteiger partial charge in [-0.2, -0.15) is 4.31 Å². The average molecular weight is 395 g/mol. The monoisotopic (exact) mass is 394 g/mol. The van der Waals surface area contributed by atoms with E-state index < -0.39 is 10.0 Å². The third kappa shape index (κ3) is 2.95. The number of rotatable bonds is 3. The summed E-state index contributed by atoms with van der Waals surface area (Å²) < 4.78 is 27.3. The van der Waals surface area contributed by atoms with Crippen LogP contribution in [0.1, 0.15) is 17.9 Å². The summed E-state index contributed by atoms with van der Waals surface area (Å²) in [6.45, 7) is 0.956. The molecule has 25 heavy (non-hydrogen) atoms. The predicted octanol–water partition coefficient (Wildman–Crippen LogP) is 4.65. The quantitative estimate of drug-likeness (QED) is 0.702. The number of hydrogen-bond acceptors (Lipinski definition) is 2. The van der Waals surface area contributed by atoms with Crippen molar-refractivity contribution in [1.82, 2.24) is 9.29 Å². The highest BCUT2D eigenvalue weighted by Gasteiger charge is 2.34. The zero-order chi connectivity index (χ0) is 17.6. The van der Waals surface area contributed by atoms with Crippen LogP contribution in [0.2, 0.25) is 10.0 Å². The standard InChI is InChI=1S/C18H16Cl2N2O2S/c19-16-6-5-13(9-17(16)20)25(23,24)22-8-7-12(11-22)15-10-21-18-4-2-1-3-14(15)18/h1-6,9-10,12,21H,7-8,11H2. The van der Waals surface area contributed by atoms with Crippen LogP contribution in [0.4, 0.5) is 0 Å². The molecule has 1 aliphatic heterocycles. The van der Waals surface area contributed by atoms with Crippen molar-refractivity contribution in [2.75, 3.05) is 13.1 Å². The van der Waals surface area contributed by atoms with Gasteiger partial charge in [-0.3, -0.25) is 0 Å². The fraction of sp³-hybridized carbons (Fsp3) is 0.222. The summed E-state index contributed by atoms with van der Waals surface area (Å²) in [4.78, 5) is 3.45. The molecular weight excluding hydrogens is 379 g/mol. The molecule has 0 bridgehead atoms.